The highest BCUT2D eigenvalue weighted by atomic mass is 16.5. The fraction of sp³-hybridized carbons (Fsp3) is 0. The van der Waals surface area contributed by atoms with E-state index < -0.39 is 11.8 Å². The molecule has 0 unspecified atom stereocenters. The van der Waals surface area contributed by atoms with Crippen molar-refractivity contribution >= 4 is 24.1 Å². The smallest absolute Gasteiger partial charge is 0.271 e. The molecule has 0 aliphatic heterocycles. The number of rotatable bonds is 7. The Morgan fingerprint density at radius 2 is 1.60 bits per heavy atom. The van der Waals surface area contributed by atoms with Gasteiger partial charge in [0.15, 0.2) is 0 Å². The summed E-state index contributed by atoms with van der Waals surface area (Å²) in [4.78, 5) is 23.3. The number of carbonyl (C=O) groups is 2. The fourth-order valence-corrected chi connectivity index (χ4v) is 2.47. The lowest BCUT2D eigenvalue weighted by molar-refractivity contribution is -0.124. The van der Waals surface area contributed by atoms with E-state index in [9.17, 15) is 9.59 Å². The average molecular weight is 401 g/mol. The van der Waals surface area contributed by atoms with E-state index in [1.54, 1.807) is 24.3 Å². The number of hydrogen-bond acceptors (Lipinski definition) is 5. The van der Waals surface area contributed by atoms with Gasteiger partial charge in [-0.3, -0.25) is 14.8 Å². The number of para-hydroxylation sites is 1. The van der Waals surface area contributed by atoms with Gasteiger partial charge in [-0.05, 0) is 65.7 Å². The Balaban J connectivity index is 1.56. The summed E-state index contributed by atoms with van der Waals surface area (Å²) in [6, 6.07) is 23.4. The van der Waals surface area contributed by atoms with Crippen LogP contribution in [0.3, 0.4) is 0 Å². The van der Waals surface area contributed by atoms with E-state index in [1.807, 2.05) is 54.6 Å². The number of ether oxygens (including phenoxy) is 1. The maximum atomic E-state index is 12.3. The summed E-state index contributed by atoms with van der Waals surface area (Å²) in [6.07, 6.45) is 4.16. The molecule has 3 aromatic rings. The molecule has 30 heavy (non-hydrogen) atoms. The van der Waals surface area contributed by atoms with Crippen molar-refractivity contribution in [3.05, 3.63) is 102 Å². The maximum Gasteiger partial charge on any atom is 0.271 e. The second kappa shape index (κ2) is 10.4. The zero-order chi connectivity index (χ0) is 21.2. The highest BCUT2D eigenvalue weighted by Crippen LogP contribution is 2.20. The predicted octanol–water partition coefficient (Wildman–Crippen LogP) is 3.76. The van der Waals surface area contributed by atoms with E-state index in [1.165, 1.54) is 17.8 Å². The van der Waals surface area contributed by atoms with Gasteiger partial charge in [0.05, 0.1) is 6.21 Å². The zero-order valence-electron chi connectivity index (χ0n) is 15.9. The summed E-state index contributed by atoms with van der Waals surface area (Å²) in [5.41, 5.74) is 5.76. The Morgan fingerprint density at radius 1 is 0.867 bits per heavy atom. The van der Waals surface area contributed by atoms with Gasteiger partial charge < -0.3 is 4.74 Å². The second-order valence-corrected chi connectivity index (χ2v) is 6.12. The molecule has 150 valence electrons. The quantitative estimate of drug-likeness (QED) is 0.243. The van der Waals surface area contributed by atoms with Crippen LogP contribution in [0.2, 0.25) is 0 Å². The van der Waals surface area contributed by atoms with Crippen LogP contribution in [0.25, 0.3) is 6.08 Å². The third kappa shape index (κ3) is 6.15. The first-order valence-electron chi connectivity index (χ1n) is 9.02. The minimum absolute atomic E-state index is 0.380. The Morgan fingerprint density at radius 3 is 2.33 bits per heavy atom. The molecule has 0 atom stereocenters. The molecule has 0 heterocycles. The number of benzene rings is 3. The molecule has 0 radical (unpaired) electrons. The van der Waals surface area contributed by atoms with Crippen molar-refractivity contribution in [2.45, 2.75) is 0 Å². The van der Waals surface area contributed by atoms with Gasteiger partial charge in [-0.2, -0.15) is 5.10 Å². The van der Waals surface area contributed by atoms with Gasteiger partial charge in [-0.15, -0.1) is 0 Å². The first-order chi connectivity index (χ1) is 14.6. The number of nitrogens with zero attached hydrogens (tertiary/aromatic N) is 1. The van der Waals surface area contributed by atoms with E-state index >= 15 is 0 Å². The van der Waals surface area contributed by atoms with Crippen LogP contribution < -0.4 is 15.6 Å². The van der Waals surface area contributed by atoms with Crippen molar-refractivity contribution in [3.63, 3.8) is 0 Å². The molecule has 0 aliphatic rings. The lowest BCUT2D eigenvalue weighted by atomic mass is 10.1. The molecule has 0 spiro atoms. The molecule has 3 N–H and O–H groups in total. The number of hydroxylamine groups is 1. The van der Waals surface area contributed by atoms with E-state index in [4.69, 9.17) is 9.94 Å². The molecule has 0 saturated heterocycles. The van der Waals surface area contributed by atoms with Gasteiger partial charge in [-0.1, -0.05) is 30.3 Å². The second-order valence-electron chi connectivity index (χ2n) is 6.12. The first kappa shape index (κ1) is 20.5. The normalized spacial score (nSPS) is 10.8. The van der Waals surface area contributed by atoms with E-state index in [0.29, 0.717) is 16.9 Å². The van der Waals surface area contributed by atoms with Gasteiger partial charge in [0.2, 0.25) is 0 Å². The molecule has 2 amide bonds. The van der Waals surface area contributed by atoms with Gasteiger partial charge in [0.1, 0.15) is 11.5 Å². The summed E-state index contributed by atoms with van der Waals surface area (Å²) in [7, 11) is 0. The third-order valence-electron chi connectivity index (χ3n) is 3.92. The topological polar surface area (TPSA) is 100 Å². The molecule has 0 aliphatic carbocycles. The predicted molar refractivity (Wildman–Crippen MR) is 113 cm³/mol. The molecular weight excluding hydrogens is 382 g/mol. The van der Waals surface area contributed by atoms with Crippen molar-refractivity contribution < 1.29 is 19.5 Å². The lowest BCUT2D eigenvalue weighted by Crippen LogP contribution is -2.17. The molecule has 0 bridgehead atoms. The summed E-state index contributed by atoms with van der Waals surface area (Å²) >= 11 is 0. The van der Waals surface area contributed by atoms with E-state index in [0.717, 1.165) is 17.4 Å². The standard InChI is InChI=1S/C23H19N3O4/c27-22(26-29)14-11-17-5-4-6-19(15-17)23(28)25-24-16-18-9-12-21(13-10-18)30-20-7-2-1-3-8-20/h1-16,29H,(H,25,28)(H,26,27)/b14-11+,24-16+. The third-order valence-corrected chi connectivity index (χ3v) is 3.92. The van der Waals surface area contributed by atoms with Gasteiger partial charge in [0.25, 0.3) is 11.8 Å². The fourth-order valence-electron chi connectivity index (χ4n) is 2.47. The number of nitrogens with one attached hydrogen (secondary N) is 2. The highest BCUT2D eigenvalue weighted by Gasteiger charge is 2.04. The summed E-state index contributed by atoms with van der Waals surface area (Å²) in [5.74, 6) is 0.397. The van der Waals surface area contributed by atoms with Crippen LogP contribution >= 0.6 is 0 Å². The van der Waals surface area contributed by atoms with E-state index in [2.05, 4.69) is 10.5 Å². The SMILES string of the molecule is O=C(/C=C/c1cccc(C(=O)N/N=C/c2ccc(Oc3ccccc3)cc2)c1)NO. The van der Waals surface area contributed by atoms with Crippen LogP contribution in [0, 0.1) is 0 Å². The maximum absolute atomic E-state index is 12.3. The Hall–Kier alpha value is -4.23. The lowest BCUT2D eigenvalue weighted by Gasteiger charge is -2.05. The first-order valence-corrected chi connectivity index (χ1v) is 9.02. The van der Waals surface area contributed by atoms with Crippen molar-refractivity contribution in [3.8, 4) is 11.5 Å². The Bertz CT molecular complexity index is 1060. The van der Waals surface area contributed by atoms with Gasteiger partial charge in [-0.25, -0.2) is 10.9 Å². The number of amides is 2. The molecule has 0 fully saturated rings. The summed E-state index contributed by atoms with van der Waals surface area (Å²) in [6.45, 7) is 0. The Labute approximate surface area is 173 Å². The molecule has 0 saturated carbocycles. The van der Waals surface area contributed by atoms with Gasteiger partial charge in [0, 0.05) is 11.6 Å². The molecule has 3 rings (SSSR count). The summed E-state index contributed by atoms with van der Waals surface area (Å²) in [5, 5.41) is 12.5. The number of hydrogen-bond donors (Lipinski definition) is 3. The molecule has 7 heteroatoms. The number of carbonyl (C=O) groups excluding carboxylic acids is 2. The van der Waals surface area contributed by atoms with Crippen LogP contribution in [-0.2, 0) is 4.79 Å². The van der Waals surface area contributed by atoms with Crippen LogP contribution in [0.1, 0.15) is 21.5 Å². The monoisotopic (exact) mass is 401 g/mol. The van der Waals surface area contributed by atoms with Gasteiger partial charge >= 0.3 is 0 Å². The van der Waals surface area contributed by atoms with Crippen LogP contribution in [0.4, 0.5) is 0 Å². The molecule has 0 aromatic heterocycles. The minimum Gasteiger partial charge on any atom is -0.457 e. The average Bonchev–Trinajstić information content (AvgIpc) is 2.79. The summed E-state index contributed by atoms with van der Waals surface area (Å²) < 4.78 is 5.73. The van der Waals surface area contributed by atoms with Crippen LogP contribution in [0.15, 0.2) is 90.0 Å². The van der Waals surface area contributed by atoms with E-state index in [-0.39, 0.29) is 0 Å². The van der Waals surface area contributed by atoms with Crippen molar-refractivity contribution in [1.29, 1.82) is 0 Å². The zero-order valence-corrected chi connectivity index (χ0v) is 15.9. The molecular formula is C23H19N3O4. The highest BCUT2D eigenvalue weighted by molar-refractivity contribution is 5.96. The Kier molecular flexibility index (Phi) is 7.07. The van der Waals surface area contributed by atoms with Crippen molar-refractivity contribution in [1.82, 2.24) is 10.9 Å². The van der Waals surface area contributed by atoms with Crippen LogP contribution in [-0.4, -0.2) is 23.2 Å². The largest absolute Gasteiger partial charge is 0.457 e. The minimum atomic E-state index is -0.658. The molecule has 7 nitrogen and oxygen atoms in total. The van der Waals surface area contributed by atoms with Crippen molar-refractivity contribution in [2.24, 2.45) is 5.10 Å². The van der Waals surface area contributed by atoms with Crippen molar-refractivity contribution in [2.75, 3.05) is 0 Å². The number of hydrazone groups is 1. The molecule has 3 aromatic carbocycles. The van der Waals surface area contributed by atoms with Crippen LogP contribution in [0.5, 0.6) is 11.5 Å².